The minimum atomic E-state index is -3.25. The molecule has 2 rings (SSSR count). The highest BCUT2D eigenvalue weighted by molar-refractivity contribution is 7.80. The molecule has 0 radical (unpaired) electrons. The molecule has 0 spiro atoms. The largest absolute Gasteiger partial charge is 0.389 e. The van der Waals surface area contributed by atoms with Crippen LogP contribution in [0.5, 0.6) is 0 Å². The summed E-state index contributed by atoms with van der Waals surface area (Å²) in [6, 6.07) is 1.66. The number of rotatable bonds is 3. The van der Waals surface area contributed by atoms with E-state index < -0.39 is 17.8 Å². The van der Waals surface area contributed by atoms with E-state index in [2.05, 4.69) is 5.10 Å². The summed E-state index contributed by atoms with van der Waals surface area (Å²) in [4.78, 5) is 23.8. The lowest BCUT2D eigenvalue weighted by Crippen LogP contribution is -2.41. The third-order valence-corrected chi connectivity index (χ3v) is 3.86. The molecule has 9 heteroatoms. The molecule has 0 aliphatic heterocycles. The summed E-state index contributed by atoms with van der Waals surface area (Å²) >= 11 is 4.98. The molecule has 2 N–H and O–H groups in total. The summed E-state index contributed by atoms with van der Waals surface area (Å²) in [5.41, 5.74) is 6.14. The van der Waals surface area contributed by atoms with Gasteiger partial charge in [0.2, 0.25) is 0 Å². The molecule has 122 valence electrons. The minimum Gasteiger partial charge on any atom is -0.389 e. The van der Waals surface area contributed by atoms with Gasteiger partial charge in [-0.3, -0.25) is 4.79 Å². The molecule has 0 atom stereocenters. The molecule has 0 saturated heterocycles. The van der Waals surface area contributed by atoms with Gasteiger partial charge in [0.05, 0.1) is 5.69 Å². The average molecular weight is 340 g/mol. The fourth-order valence-electron chi connectivity index (χ4n) is 2.40. The van der Waals surface area contributed by atoms with Crippen molar-refractivity contribution in [1.29, 1.82) is 0 Å². The molecule has 0 aliphatic carbocycles. The second-order valence-corrected chi connectivity index (χ2v) is 5.47. The first-order valence-electron chi connectivity index (χ1n) is 6.56. The van der Waals surface area contributed by atoms with Crippen LogP contribution in [0.3, 0.4) is 0 Å². The topological polar surface area (TPSA) is 82.9 Å². The number of aryl methyl sites for hydroxylation is 1. The van der Waals surface area contributed by atoms with Gasteiger partial charge >= 0.3 is 12.2 Å². The zero-order valence-corrected chi connectivity index (χ0v) is 13.4. The minimum absolute atomic E-state index is 0.150. The van der Waals surface area contributed by atoms with E-state index in [1.54, 1.807) is 26.8 Å². The Morgan fingerprint density at radius 1 is 1.26 bits per heavy atom. The monoisotopic (exact) mass is 340 g/mol. The van der Waals surface area contributed by atoms with Gasteiger partial charge in [-0.25, -0.2) is 4.79 Å². The van der Waals surface area contributed by atoms with Crippen LogP contribution in [0, 0.1) is 20.8 Å². The number of hydrogen-bond donors (Lipinski definition) is 1. The first kappa shape index (κ1) is 16.9. The van der Waals surface area contributed by atoms with E-state index >= 15 is 0 Å². The molecular formula is C14H14F2N4O2S. The van der Waals surface area contributed by atoms with Gasteiger partial charge in [0.1, 0.15) is 11.2 Å². The lowest BCUT2D eigenvalue weighted by Gasteiger charge is -2.17. The lowest BCUT2D eigenvalue weighted by atomic mass is 9.97. The van der Waals surface area contributed by atoms with Crippen molar-refractivity contribution in [3.8, 4) is 5.69 Å². The Bertz CT molecular complexity index is 918. The van der Waals surface area contributed by atoms with Crippen molar-refractivity contribution >= 4 is 17.2 Å². The van der Waals surface area contributed by atoms with Crippen molar-refractivity contribution in [2.24, 2.45) is 5.73 Å². The van der Waals surface area contributed by atoms with E-state index in [1.165, 1.54) is 0 Å². The summed E-state index contributed by atoms with van der Waals surface area (Å²) in [7, 11) is 0. The molecule has 0 amide bonds. The third-order valence-electron chi connectivity index (χ3n) is 3.64. The number of aromatic nitrogens is 3. The molecule has 23 heavy (non-hydrogen) atoms. The molecule has 6 nitrogen and oxygen atoms in total. The van der Waals surface area contributed by atoms with Crippen LogP contribution >= 0.6 is 12.2 Å². The summed E-state index contributed by atoms with van der Waals surface area (Å²) in [6.07, 6.45) is 0.684. The Balaban J connectivity index is 2.87. The number of nitrogens with two attached hydrogens (primary N) is 1. The molecular weight excluding hydrogens is 326 g/mol. The van der Waals surface area contributed by atoms with Crippen molar-refractivity contribution < 1.29 is 8.78 Å². The van der Waals surface area contributed by atoms with Crippen molar-refractivity contribution in [1.82, 2.24) is 14.3 Å². The summed E-state index contributed by atoms with van der Waals surface area (Å²) in [5.74, 6) is 0. The number of hydrogen-bond acceptors (Lipinski definition) is 4. The average Bonchev–Trinajstić information content (AvgIpc) is 2.44. The van der Waals surface area contributed by atoms with E-state index in [9.17, 15) is 18.4 Å². The van der Waals surface area contributed by atoms with Gasteiger partial charge in [-0.15, -0.1) is 0 Å². The molecule has 0 bridgehead atoms. The number of alkyl halides is 2. The van der Waals surface area contributed by atoms with Crippen LogP contribution in [0.15, 0.2) is 21.9 Å². The second kappa shape index (κ2) is 5.99. The maximum atomic E-state index is 12.9. The van der Waals surface area contributed by atoms with Crippen LogP contribution in [0.4, 0.5) is 8.78 Å². The van der Waals surface area contributed by atoms with Gasteiger partial charge in [-0.1, -0.05) is 12.2 Å². The second-order valence-electron chi connectivity index (χ2n) is 5.03. The normalized spacial score (nSPS) is 11.0. The van der Waals surface area contributed by atoms with E-state index in [0.717, 1.165) is 4.68 Å². The van der Waals surface area contributed by atoms with E-state index in [1.807, 2.05) is 0 Å². The number of thiocarbonyl (C=S) groups is 1. The highest BCUT2D eigenvalue weighted by atomic mass is 32.1. The van der Waals surface area contributed by atoms with Crippen molar-refractivity contribution in [3.63, 3.8) is 0 Å². The molecule has 1 aromatic carbocycles. The third kappa shape index (κ3) is 2.79. The van der Waals surface area contributed by atoms with Gasteiger partial charge in [0.15, 0.2) is 0 Å². The highest BCUT2D eigenvalue weighted by Crippen LogP contribution is 2.24. The SMILES string of the molecule is Cc1cc(C(N)=S)c(C)c(C)c1-n1ncc(=O)n(C(F)F)c1=O. The van der Waals surface area contributed by atoms with Crippen molar-refractivity contribution in [2.45, 2.75) is 27.3 Å². The first-order valence-corrected chi connectivity index (χ1v) is 6.97. The number of nitrogens with zero attached hydrogens (tertiary/aromatic N) is 3. The van der Waals surface area contributed by atoms with Crippen molar-refractivity contribution in [3.05, 3.63) is 55.4 Å². The molecule has 1 aromatic heterocycles. The van der Waals surface area contributed by atoms with Crippen LogP contribution in [0.1, 0.15) is 28.8 Å². The van der Waals surface area contributed by atoms with Crippen LogP contribution in [-0.2, 0) is 0 Å². The van der Waals surface area contributed by atoms with E-state index in [-0.39, 0.29) is 9.56 Å². The van der Waals surface area contributed by atoms with Crippen LogP contribution in [0.2, 0.25) is 0 Å². The van der Waals surface area contributed by atoms with E-state index in [4.69, 9.17) is 18.0 Å². The predicted molar refractivity (Wildman–Crippen MR) is 85.4 cm³/mol. The standard InChI is InChI=1S/C14H14F2N4O2S/c1-6-4-9(12(17)23)7(2)8(3)11(6)20-14(22)19(13(15)16)10(21)5-18-20/h4-5,13H,1-3H3,(H2,17,23). The fraction of sp³-hybridized carbons (Fsp3) is 0.286. The van der Waals surface area contributed by atoms with Gasteiger partial charge < -0.3 is 5.73 Å². The molecule has 1 heterocycles. The Morgan fingerprint density at radius 3 is 2.39 bits per heavy atom. The Labute approximate surface area is 135 Å². The Kier molecular flexibility index (Phi) is 4.42. The van der Waals surface area contributed by atoms with Gasteiger partial charge in [0.25, 0.3) is 5.56 Å². The molecule has 2 aromatic rings. The first-order chi connectivity index (χ1) is 10.7. The summed E-state index contributed by atoms with van der Waals surface area (Å²) in [5, 5.41) is 3.70. The predicted octanol–water partition coefficient (Wildman–Crippen LogP) is 1.35. The quantitative estimate of drug-likeness (QED) is 0.853. The van der Waals surface area contributed by atoms with Gasteiger partial charge in [-0.05, 0) is 43.5 Å². The molecule has 0 aliphatic rings. The molecule has 0 fully saturated rings. The highest BCUT2D eigenvalue weighted by Gasteiger charge is 2.19. The fourth-order valence-corrected chi connectivity index (χ4v) is 2.61. The smallest absolute Gasteiger partial charge is 0.356 e. The van der Waals surface area contributed by atoms with Crippen molar-refractivity contribution in [2.75, 3.05) is 0 Å². The summed E-state index contributed by atoms with van der Waals surface area (Å²) < 4.78 is 26.5. The number of halogens is 2. The zero-order valence-electron chi connectivity index (χ0n) is 12.6. The lowest BCUT2D eigenvalue weighted by molar-refractivity contribution is 0.0594. The maximum absolute atomic E-state index is 12.9. The zero-order chi connectivity index (χ0) is 17.5. The van der Waals surface area contributed by atoms with Crippen LogP contribution in [0.25, 0.3) is 5.69 Å². The van der Waals surface area contributed by atoms with Gasteiger partial charge in [-0.2, -0.15) is 23.1 Å². The van der Waals surface area contributed by atoms with Crippen LogP contribution < -0.4 is 17.0 Å². The summed E-state index contributed by atoms with van der Waals surface area (Å²) in [6.45, 7) is 1.88. The molecule has 0 unspecified atom stereocenters. The maximum Gasteiger partial charge on any atom is 0.356 e. The number of benzene rings is 1. The van der Waals surface area contributed by atoms with Crippen LogP contribution in [-0.4, -0.2) is 19.3 Å². The Morgan fingerprint density at radius 2 is 1.87 bits per heavy atom. The van der Waals surface area contributed by atoms with E-state index in [0.29, 0.717) is 34.1 Å². The molecule has 0 saturated carbocycles. The Hall–Kier alpha value is -2.42. The van der Waals surface area contributed by atoms with Gasteiger partial charge in [0, 0.05) is 5.56 Å².